The second-order valence-corrected chi connectivity index (χ2v) is 3.32. The molecule has 0 aliphatic rings. The molecule has 0 unspecified atom stereocenters. The summed E-state index contributed by atoms with van der Waals surface area (Å²) in [6.45, 7) is -0.593. The Balaban J connectivity index is 4.26. The van der Waals surface area contributed by atoms with Gasteiger partial charge in [-0.3, -0.25) is 9.59 Å². The van der Waals surface area contributed by atoms with Crippen LogP contribution in [0.3, 0.4) is 0 Å². The number of rotatable bonds is 7. The van der Waals surface area contributed by atoms with Gasteiger partial charge in [0.25, 0.3) is 0 Å². The third-order valence-electron chi connectivity index (χ3n) is 1.87. The first-order chi connectivity index (χ1) is 7.76. The largest absolute Gasteiger partial charge is 0.480 e. The number of halogens is 3. The molecular weight excluding hydrogens is 243 g/mol. The van der Waals surface area contributed by atoms with Gasteiger partial charge in [-0.15, -0.1) is 0 Å². The van der Waals surface area contributed by atoms with E-state index in [2.05, 4.69) is 4.74 Å². The van der Waals surface area contributed by atoms with E-state index in [9.17, 15) is 22.8 Å². The van der Waals surface area contributed by atoms with E-state index in [1.165, 1.54) is 7.11 Å². The van der Waals surface area contributed by atoms with E-state index < -0.39 is 37.4 Å². The number of hydrogen-bond acceptors (Lipinski definition) is 3. The fraction of sp³-hybridized carbons (Fsp3) is 0.778. The summed E-state index contributed by atoms with van der Waals surface area (Å²) >= 11 is 0. The summed E-state index contributed by atoms with van der Waals surface area (Å²) in [5.41, 5.74) is 0. The van der Waals surface area contributed by atoms with E-state index in [-0.39, 0.29) is 13.2 Å². The van der Waals surface area contributed by atoms with E-state index in [1.807, 2.05) is 0 Å². The second-order valence-electron chi connectivity index (χ2n) is 3.32. The van der Waals surface area contributed by atoms with Crippen LogP contribution < -0.4 is 0 Å². The van der Waals surface area contributed by atoms with Crippen LogP contribution in [0.4, 0.5) is 13.2 Å². The molecule has 0 bridgehead atoms. The average Bonchev–Trinajstić information content (AvgIpc) is 2.19. The number of amides is 1. The molecule has 100 valence electrons. The molecule has 0 rings (SSSR count). The lowest BCUT2D eigenvalue weighted by Crippen LogP contribution is -2.38. The van der Waals surface area contributed by atoms with Gasteiger partial charge in [0.2, 0.25) is 5.91 Å². The molecule has 17 heavy (non-hydrogen) atoms. The summed E-state index contributed by atoms with van der Waals surface area (Å²) in [5, 5.41) is 8.50. The van der Waals surface area contributed by atoms with Gasteiger partial charge in [0.05, 0.1) is 13.0 Å². The summed E-state index contributed by atoms with van der Waals surface area (Å²) in [4.78, 5) is 22.6. The third-order valence-corrected chi connectivity index (χ3v) is 1.87. The Morgan fingerprint density at radius 2 is 1.94 bits per heavy atom. The summed E-state index contributed by atoms with van der Waals surface area (Å²) < 4.78 is 40.3. The number of carboxylic acid groups (broad SMARTS) is 1. The summed E-state index contributed by atoms with van der Waals surface area (Å²) in [6.07, 6.45) is -6.43. The maximum absolute atomic E-state index is 11.9. The molecule has 0 aliphatic carbocycles. The smallest absolute Gasteiger partial charge is 0.389 e. The highest BCUT2D eigenvalue weighted by Gasteiger charge is 2.29. The van der Waals surface area contributed by atoms with Crippen molar-refractivity contribution in [3.8, 4) is 0 Å². The van der Waals surface area contributed by atoms with Gasteiger partial charge in [-0.05, 0) is 0 Å². The SMILES string of the molecule is COCCN(CC(=O)O)C(=O)CCC(F)(F)F. The number of nitrogens with zero attached hydrogens (tertiary/aromatic N) is 1. The summed E-state index contributed by atoms with van der Waals surface area (Å²) in [6, 6.07) is 0. The minimum absolute atomic E-state index is 0.0422. The lowest BCUT2D eigenvalue weighted by atomic mass is 10.2. The highest BCUT2D eigenvalue weighted by Crippen LogP contribution is 2.21. The van der Waals surface area contributed by atoms with Gasteiger partial charge in [-0.25, -0.2) is 0 Å². The molecule has 0 aliphatic heterocycles. The van der Waals surface area contributed by atoms with Gasteiger partial charge in [0.15, 0.2) is 0 Å². The van der Waals surface area contributed by atoms with Crippen LogP contribution in [0.1, 0.15) is 12.8 Å². The van der Waals surface area contributed by atoms with Crippen LogP contribution in [-0.4, -0.2) is 54.9 Å². The van der Waals surface area contributed by atoms with E-state index >= 15 is 0 Å². The minimum atomic E-state index is -4.42. The van der Waals surface area contributed by atoms with Gasteiger partial charge in [-0.1, -0.05) is 0 Å². The van der Waals surface area contributed by atoms with Gasteiger partial charge < -0.3 is 14.7 Å². The molecule has 0 fully saturated rings. The lowest BCUT2D eigenvalue weighted by Gasteiger charge is -2.20. The van der Waals surface area contributed by atoms with E-state index in [0.717, 1.165) is 4.90 Å². The molecule has 0 heterocycles. The van der Waals surface area contributed by atoms with Crippen LogP contribution in [-0.2, 0) is 14.3 Å². The Kier molecular flexibility index (Phi) is 6.55. The zero-order chi connectivity index (χ0) is 13.5. The molecule has 0 aromatic carbocycles. The minimum Gasteiger partial charge on any atom is -0.480 e. The van der Waals surface area contributed by atoms with Crippen LogP contribution in [0.15, 0.2) is 0 Å². The van der Waals surface area contributed by atoms with E-state index in [0.29, 0.717) is 0 Å². The summed E-state index contributed by atoms with van der Waals surface area (Å²) in [5.74, 6) is -2.12. The number of alkyl halides is 3. The Morgan fingerprint density at radius 3 is 2.35 bits per heavy atom. The van der Waals surface area contributed by atoms with Crippen molar-refractivity contribution in [3.63, 3.8) is 0 Å². The monoisotopic (exact) mass is 257 g/mol. The third kappa shape index (κ3) is 8.49. The topological polar surface area (TPSA) is 66.8 Å². The molecule has 0 saturated heterocycles. The fourth-order valence-electron chi connectivity index (χ4n) is 1.06. The van der Waals surface area contributed by atoms with Gasteiger partial charge in [0, 0.05) is 20.1 Å². The predicted molar refractivity (Wildman–Crippen MR) is 51.4 cm³/mol. The highest BCUT2D eigenvalue weighted by molar-refractivity contribution is 5.81. The number of carboxylic acids is 1. The number of carbonyl (C=O) groups excluding carboxylic acids is 1. The standard InChI is InChI=1S/C9H14F3NO4/c1-17-5-4-13(6-8(15)16)7(14)2-3-9(10,11)12/h2-6H2,1H3,(H,15,16). The fourth-order valence-corrected chi connectivity index (χ4v) is 1.06. The van der Waals surface area contributed by atoms with Crippen LogP contribution in [0.5, 0.6) is 0 Å². The molecule has 0 atom stereocenters. The Bertz CT molecular complexity index is 267. The van der Waals surface area contributed by atoms with Crippen molar-refractivity contribution in [1.82, 2.24) is 4.90 Å². The predicted octanol–water partition coefficient (Wildman–Crippen LogP) is 0.888. The van der Waals surface area contributed by atoms with Gasteiger partial charge in [-0.2, -0.15) is 13.2 Å². The van der Waals surface area contributed by atoms with Crippen LogP contribution in [0, 0.1) is 0 Å². The Labute approximate surface area is 96.1 Å². The number of aliphatic carboxylic acids is 1. The Hall–Kier alpha value is -1.31. The van der Waals surface area contributed by atoms with Crippen LogP contribution in [0.25, 0.3) is 0 Å². The number of ether oxygens (including phenoxy) is 1. The first-order valence-electron chi connectivity index (χ1n) is 4.81. The van der Waals surface area contributed by atoms with Crippen molar-refractivity contribution in [2.45, 2.75) is 19.0 Å². The maximum atomic E-state index is 11.9. The van der Waals surface area contributed by atoms with E-state index in [1.54, 1.807) is 0 Å². The van der Waals surface area contributed by atoms with E-state index in [4.69, 9.17) is 5.11 Å². The van der Waals surface area contributed by atoms with Crippen molar-refractivity contribution in [2.24, 2.45) is 0 Å². The number of hydrogen-bond donors (Lipinski definition) is 1. The molecule has 5 nitrogen and oxygen atoms in total. The van der Waals surface area contributed by atoms with Crippen molar-refractivity contribution in [1.29, 1.82) is 0 Å². The zero-order valence-corrected chi connectivity index (χ0v) is 9.29. The molecule has 0 aromatic rings. The first-order valence-corrected chi connectivity index (χ1v) is 4.81. The molecule has 1 N–H and O–H groups in total. The molecule has 0 spiro atoms. The van der Waals surface area contributed by atoms with Gasteiger partial charge >= 0.3 is 12.1 Å². The second kappa shape index (κ2) is 7.10. The normalized spacial score (nSPS) is 11.3. The summed E-state index contributed by atoms with van der Waals surface area (Å²) in [7, 11) is 1.35. The molecule has 8 heteroatoms. The van der Waals surface area contributed by atoms with Crippen molar-refractivity contribution < 1.29 is 32.6 Å². The Morgan fingerprint density at radius 1 is 1.35 bits per heavy atom. The lowest BCUT2D eigenvalue weighted by molar-refractivity contribution is -0.152. The molecule has 0 saturated carbocycles. The average molecular weight is 257 g/mol. The first kappa shape index (κ1) is 15.7. The molecule has 0 aromatic heterocycles. The van der Waals surface area contributed by atoms with Crippen LogP contribution in [0.2, 0.25) is 0 Å². The quantitative estimate of drug-likeness (QED) is 0.735. The van der Waals surface area contributed by atoms with Crippen molar-refractivity contribution in [2.75, 3.05) is 26.8 Å². The molecule has 1 amide bonds. The molecular formula is C9H14F3NO4. The zero-order valence-electron chi connectivity index (χ0n) is 9.29. The molecule has 0 radical (unpaired) electrons. The number of carbonyl (C=O) groups is 2. The van der Waals surface area contributed by atoms with Crippen molar-refractivity contribution in [3.05, 3.63) is 0 Å². The maximum Gasteiger partial charge on any atom is 0.389 e. The number of methoxy groups -OCH3 is 1. The van der Waals surface area contributed by atoms with Crippen LogP contribution >= 0.6 is 0 Å². The highest BCUT2D eigenvalue weighted by atomic mass is 19.4. The van der Waals surface area contributed by atoms with Crippen molar-refractivity contribution >= 4 is 11.9 Å². The van der Waals surface area contributed by atoms with Gasteiger partial charge in [0.1, 0.15) is 6.54 Å².